The van der Waals surface area contributed by atoms with Gasteiger partial charge in [-0.2, -0.15) is 15.4 Å². The van der Waals surface area contributed by atoms with Gasteiger partial charge in [0.2, 0.25) is 5.60 Å². The minimum absolute atomic E-state index is 0.0529. The molecule has 16 nitrogen and oxygen atoms in total. The third kappa shape index (κ3) is 9.42. The fourth-order valence-corrected chi connectivity index (χ4v) is 7.09. The van der Waals surface area contributed by atoms with Crippen LogP contribution in [-0.2, 0) is 38.5 Å². The number of aliphatic hydroxyl groups excluding tert-OH is 2. The van der Waals surface area contributed by atoms with Gasteiger partial charge in [0.1, 0.15) is 48.0 Å². The molecule has 6 atom stereocenters. The van der Waals surface area contributed by atoms with Gasteiger partial charge >= 0.3 is 19.7 Å². The lowest BCUT2D eigenvalue weighted by Crippen LogP contribution is -2.41. The summed E-state index contributed by atoms with van der Waals surface area (Å²) in [6, 6.07) is 11.3. The molecule has 0 bridgehead atoms. The largest absolute Gasteiger partial charge is 0.465 e. The highest BCUT2D eigenvalue weighted by atomic mass is 31.2. The van der Waals surface area contributed by atoms with Crippen LogP contribution in [0.4, 0.5) is 5.82 Å². The first-order chi connectivity index (χ1) is 24.4. The average molecular weight is 731 g/mol. The normalized spacial score (nSPS) is 22.1. The van der Waals surface area contributed by atoms with E-state index < -0.39 is 62.7 Å². The standard InChI is InChI=1S/C34H47N6O10P/c1-5-22(6-2)17-46-29(41)16-25(33(44)47-18-23(7-3)8-4)39-51(45,50-24-12-10-9-11-13-24)48-19-27-30(42)31(43)34(20-35,49-27)28-15-14-26-32(36)37-21-38-40(26)28/h9-15,21-23,25,27,30-31,42-43H,5-8,16-19H2,1-4H3,(H,39,45)(H2,36,37,38)/t25-,27+,30+,31+,34-,51?/m0/s1. The number of nitrogens with zero attached hydrogens (tertiary/aromatic N) is 4. The van der Waals surface area contributed by atoms with Gasteiger partial charge in [-0.25, -0.2) is 14.1 Å². The van der Waals surface area contributed by atoms with E-state index in [0.29, 0.717) is 5.52 Å². The summed E-state index contributed by atoms with van der Waals surface area (Å²) in [7, 11) is -4.63. The number of fused-ring (bicyclic) bond motifs is 1. The van der Waals surface area contributed by atoms with E-state index in [0.717, 1.165) is 32.0 Å². The second-order valence-corrected chi connectivity index (χ2v) is 14.1. The summed E-state index contributed by atoms with van der Waals surface area (Å²) in [5.74, 6) is -1.22. The highest BCUT2D eigenvalue weighted by Crippen LogP contribution is 2.47. The molecule has 1 fully saturated rings. The number of esters is 2. The van der Waals surface area contributed by atoms with Gasteiger partial charge in [-0.1, -0.05) is 71.6 Å². The molecule has 4 rings (SSSR count). The molecular weight excluding hydrogens is 683 g/mol. The number of ether oxygens (including phenoxy) is 3. The van der Waals surface area contributed by atoms with Crippen molar-refractivity contribution in [3.63, 3.8) is 0 Å². The minimum atomic E-state index is -4.63. The van der Waals surface area contributed by atoms with Gasteiger partial charge in [-0.3, -0.25) is 14.1 Å². The Morgan fingerprint density at radius 3 is 2.33 bits per heavy atom. The molecule has 17 heteroatoms. The van der Waals surface area contributed by atoms with Crippen LogP contribution in [0, 0.1) is 23.2 Å². The second kappa shape index (κ2) is 17.9. The lowest BCUT2D eigenvalue weighted by Gasteiger charge is -2.26. The van der Waals surface area contributed by atoms with Crippen molar-refractivity contribution in [2.45, 2.75) is 89.8 Å². The summed E-state index contributed by atoms with van der Waals surface area (Å²) < 4.78 is 44.3. The molecule has 0 radical (unpaired) electrons. The summed E-state index contributed by atoms with van der Waals surface area (Å²) in [5.41, 5.74) is 4.17. The first-order valence-corrected chi connectivity index (χ1v) is 18.6. The van der Waals surface area contributed by atoms with Crippen LogP contribution in [0.3, 0.4) is 0 Å². The SMILES string of the molecule is CCC(CC)COC(=O)C[C@H](NP(=O)(OC[C@H]1O[C@@](C#N)(c2ccc3c(N)ncnn23)[C@H](O)[C@@H]1O)Oc1ccccc1)C(=O)OCC(CC)CC. The van der Waals surface area contributed by atoms with Crippen molar-refractivity contribution >= 4 is 31.0 Å². The molecule has 278 valence electrons. The molecule has 1 unspecified atom stereocenters. The number of carbonyl (C=O) groups excluding carboxylic acids is 2. The monoisotopic (exact) mass is 730 g/mol. The van der Waals surface area contributed by atoms with E-state index in [4.69, 9.17) is 29.0 Å². The summed E-state index contributed by atoms with van der Waals surface area (Å²) >= 11 is 0. The van der Waals surface area contributed by atoms with Crippen LogP contribution >= 0.6 is 7.75 Å². The zero-order chi connectivity index (χ0) is 37.2. The number of hydrogen-bond acceptors (Lipinski definition) is 14. The quantitative estimate of drug-likeness (QED) is 0.102. The predicted molar refractivity (Wildman–Crippen MR) is 184 cm³/mol. The van der Waals surface area contributed by atoms with Crippen LogP contribution in [0.1, 0.15) is 65.5 Å². The zero-order valence-electron chi connectivity index (χ0n) is 29.2. The van der Waals surface area contributed by atoms with Crippen LogP contribution in [0.5, 0.6) is 5.75 Å². The van der Waals surface area contributed by atoms with E-state index in [1.54, 1.807) is 18.2 Å². The Morgan fingerprint density at radius 1 is 1.06 bits per heavy atom. The van der Waals surface area contributed by atoms with Crippen molar-refractivity contribution in [1.29, 1.82) is 5.26 Å². The van der Waals surface area contributed by atoms with E-state index >= 15 is 0 Å². The van der Waals surface area contributed by atoms with Crippen LogP contribution in [0.2, 0.25) is 0 Å². The molecule has 3 heterocycles. The Labute approximate surface area is 296 Å². The number of rotatable bonds is 19. The molecule has 1 aliphatic heterocycles. The third-order valence-corrected chi connectivity index (χ3v) is 10.7. The molecule has 5 N–H and O–H groups in total. The second-order valence-electron chi connectivity index (χ2n) is 12.4. The molecule has 51 heavy (non-hydrogen) atoms. The number of benzene rings is 1. The molecular formula is C34H47N6O10P. The van der Waals surface area contributed by atoms with Crippen molar-refractivity contribution in [1.82, 2.24) is 19.7 Å². The van der Waals surface area contributed by atoms with Crippen molar-refractivity contribution in [3.05, 3.63) is 54.5 Å². The molecule has 0 spiro atoms. The number of aliphatic hydroxyl groups is 2. The minimum Gasteiger partial charge on any atom is -0.465 e. The van der Waals surface area contributed by atoms with Gasteiger partial charge in [-0.15, -0.1) is 0 Å². The number of nitrogen functional groups attached to an aromatic ring is 1. The van der Waals surface area contributed by atoms with E-state index in [-0.39, 0.29) is 42.3 Å². The number of hydrogen-bond donors (Lipinski definition) is 4. The van der Waals surface area contributed by atoms with Crippen LogP contribution in [0.25, 0.3) is 5.52 Å². The molecule has 0 saturated carbocycles. The van der Waals surface area contributed by atoms with E-state index in [1.165, 1.54) is 28.8 Å². The van der Waals surface area contributed by atoms with Gasteiger partial charge in [0, 0.05) is 0 Å². The number of aromatic nitrogens is 3. The first kappa shape index (κ1) is 39.7. The molecule has 1 aromatic carbocycles. The number of para-hydroxylation sites is 1. The summed E-state index contributed by atoms with van der Waals surface area (Å²) in [6.45, 7) is 7.39. The fourth-order valence-electron chi connectivity index (χ4n) is 5.59. The Hall–Kier alpha value is -4.10. The van der Waals surface area contributed by atoms with Gasteiger partial charge in [0.15, 0.2) is 5.82 Å². The number of anilines is 1. The number of nitrogens with one attached hydrogen (secondary N) is 1. The fraction of sp³-hybridized carbons (Fsp3) is 0.559. The Bertz CT molecular complexity index is 1700. The smallest absolute Gasteiger partial charge is 0.459 e. The Morgan fingerprint density at radius 2 is 1.71 bits per heavy atom. The van der Waals surface area contributed by atoms with E-state index in [2.05, 4.69) is 15.2 Å². The molecule has 3 aromatic rings. The predicted octanol–water partition coefficient (Wildman–Crippen LogP) is 3.66. The molecule has 1 saturated heterocycles. The summed E-state index contributed by atoms with van der Waals surface area (Å²) in [4.78, 5) is 30.4. The zero-order valence-corrected chi connectivity index (χ0v) is 30.1. The van der Waals surface area contributed by atoms with Crippen molar-refractivity contribution in [3.8, 4) is 11.8 Å². The maximum absolute atomic E-state index is 14.5. The summed E-state index contributed by atoms with van der Waals surface area (Å²) in [6.07, 6.45) is -1.30. The number of carbonyl (C=O) groups is 2. The molecule has 1 aliphatic rings. The van der Waals surface area contributed by atoms with Crippen LogP contribution in [0.15, 0.2) is 48.8 Å². The lowest BCUT2D eigenvalue weighted by molar-refractivity contribution is -0.154. The topological polar surface area (TPSA) is 230 Å². The average Bonchev–Trinajstić information content (AvgIpc) is 3.68. The molecule has 0 amide bonds. The number of nitriles is 1. The van der Waals surface area contributed by atoms with Crippen molar-refractivity contribution in [2.24, 2.45) is 11.8 Å². The van der Waals surface area contributed by atoms with Crippen LogP contribution < -0.4 is 15.3 Å². The lowest BCUT2D eigenvalue weighted by atomic mass is 9.92. The van der Waals surface area contributed by atoms with Gasteiger partial charge < -0.3 is 34.7 Å². The van der Waals surface area contributed by atoms with Crippen molar-refractivity contribution < 1.29 is 47.6 Å². The number of nitrogens with two attached hydrogens (primary N) is 1. The maximum atomic E-state index is 14.5. The maximum Gasteiger partial charge on any atom is 0.459 e. The third-order valence-electron chi connectivity index (χ3n) is 9.08. The van der Waals surface area contributed by atoms with Crippen molar-refractivity contribution in [2.75, 3.05) is 25.6 Å². The Balaban J connectivity index is 1.60. The van der Waals surface area contributed by atoms with Crippen LogP contribution in [-0.4, -0.2) is 80.9 Å². The Kier molecular flexibility index (Phi) is 13.9. The van der Waals surface area contributed by atoms with Gasteiger partial charge in [0.25, 0.3) is 0 Å². The highest BCUT2D eigenvalue weighted by molar-refractivity contribution is 7.52. The van der Waals surface area contributed by atoms with E-state index in [1.807, 2.05) is 33.8 Å². The molecule has 0 aliphatic carbocycles. The van der Waals surface area contributed by atoms with Gasteiger partial charge in [0.05, 0.1) is 31.9 Å². The first-order valence-electron chi connectivity index (χ1n) is 17.1. The molecule has 2 aromatic heterocycles. The van der Waals surface area contributed by atoms with E-state index in [9.17, 15) is 29.6 Å². The van der Waals surface area contributed by atoms with Gasteiger partial charge in [-0.05, 0) is 36.1 Å². The highest BCUT2D eigenvalue weighted by Gasteiger charge is 2.58. The summed E-state index contributed by atoms with van der Waals surface area (Å²) in [5, 5.41) is 39.2.